The van der Waals surface area contributed by atoms with E-state index in [-0.39, 0.29) is 6.03 Å². The second-order valence-electron chi connectivity index (χ2n) is 6.29. The number of methoxy groups -OCH3 is 3. The molecule has 0 atom stereocenters. The molecule has 28 heavy (non-hydrogen) atoms. The van der Waals surface area contributed by atoms with E-state index in [1.807, 2.05) is 24.3 Å². The van der Waals surface area contributed by atoms with Crippen LogP contribution in [0.5, 0.6) is 17.2 Å². The van der Waals surface area contributed by atoms with Crippen LogP contribution in [0.15, 0.2) is 36.4 Å². The molecule has 0 saturated carbocycles. The lowest BCUT2D eigenvalue weighted by Crippen LogP contribution is -2.50. The highest BCUT2D eigenvalue weighted by molar-refractivity contribution is 6.32. The lowest BCUT2D eigenvalue weighted by molar-refractivity contribution is 0.208. The first-order valence-electron chi connectivity index (χ1n) is 8.92. The molecule has 0 bridgehead atoms. The third-order valence-corrected chi connectivity index (χ3v) is 5.02. The Morgan fingerprint density at radius 2 is 1.57 bits per heavy atom. The standard InChI is InChI=1S/C20H24ClN3O4/c1-26-15-6-4-14(5-7-15)23-8-10-24(11-9-23)20(25)22-17-13-18(27-2)16(21)12-19(17)28-3/h4-7,12-13H,8-11H2,1-3H3,(H,22,25). The molecule has 1 fully saturated rings. The van der Waals surface area contributed by atoms with Crippen molar-refractivity contribution in [2.24, 2.45) is 0 Å². The minimum Gasteiger partial charge on any atom is -0.497 e. The molecule has 150 valence electrons. The van der Waals surface area contributed by atoms with Crippen LogP contribution in [0.3, 0.4) is 0 Å². The van der Waals surface area contributed by atoms with Crippen LogP contribution in [0.2, 0.25) is 5.02 Å². The Bertz CT molecular complexity index is 821. The number of carbonyl (C=O) groups is 1. The molecule has 1 N–H and O–H groups in total. The Hall–Kier alpha value is -2.80. The van der Waals surface area contributed by atoms with Crippen LogP contribution in [0.1, 0.15) is 0 Å². The van der Waals surface area contributed by atoms with E-state index in [0.717, 1.165) is 24.5 Å². The predicted molar refractivity (Wildman–Crippen MR) is 110 cm³/mol. The quantitative estimate of drug-likeness (QED) is 0.821. The molecule has 2 aromatic carbocycles. The summed E-state index contributed by atoms with van der Waals surface area (Å²) in [5.41, 5.74) is 1.64. The maximum atomic E-state index is 12.7. The summed E-state index contributed by atoms with van der Waals surface area (Å²) in [6, 6.07) is 11.0. The van der Waals surface area contributed by atoms with Crippen molar-refractivity contribution in [2.45, 2.75) is 0 Å². The number of benzene rings is 2. The smallest absolute Gasteiger partial charge is 0.322 e. The van der Waals surface area contributed by atoms with Gasteiger partial charge < -0.3 is 29.3 Å². The Balaban J connectivity index is 1.62. The number of ether oxygens (including phenoxy) is 3. The maximum Gasteiger partial charge on any atom is 0.322 e. The van der Waals surface area contributed by atoms with E-state index in [2.05, 4.69) is 10.2 Å². The van der Waals surface area contributed by atoms with Crippen LogP contribution >= 0.6 is 11.6 Å². The van der Waals surface area contributed by atoms with Crippen LogP contribution in [-0.4, -0.2) is 58.4 Å². The summed E-state index contributed by atoms with van der Waals surface area (Å²) in [5, 5.41) is 3.31. The number of hydrogen-bond donors (Lipinski definition) is 1. The van der Waals surface area contributed by atoms with Gasteiger partial charge in [-0.15, -0.1) is 0 Å². The summed E-state index contributed by atoms with van der Waals surface area (Å²) < 4.78 is 15.7. The van der Waals surface area contributed by atoms with Crippen molar-refractivity contribution >= 4 is 29.0 Å². The fourth-order valence-electron chi connectivity index (χ4n) is 3.11. The average Bonchev–Trinajstić information content (AvgIpc) is 2.74. The van der Waals surface area contributed by atoms with Crippen molar-refractivity contribution in [1.29, 1.82) is 0 Å². The van der Waals surface area contributed by atoms with Crippen LogP contribution in [-0.2, 0) is 0 Å². The molecular formula is C20H24ClN3O4. The van der Waals surface area contributed by atoms with Gasteiger partial charge in [0.25, 0.3) is 0 Å². The molecule has 0 aliphatic carbocycles. The third-order valence-electron chi connectivity index (χ3n) is 4.72. The van der Waals surface area contributed by atoms with E-state index < -0.39 is 0 Å². The number of urea groups is 1. The van der Waals surface area contributed by atoms with E-state index in [4.69, 9.17) is 25.8 Å². The largest absolute Gasteiger partial charge is 0.497 e. The van der Waals surface area contributed by atoms with Gasteiger partial charge in [0.2, 0.25) is 0 Å². The van der Waals surface area contributed by atoms with Crippen molar-refractivity contribution in [1.82, 2.24) is 4.90 Å². The molecule has 1 aliphatic rings. The molecule has 0 aromatic heterocycles. The van der Waals surface area contributed by atoms with Crippen LogP contribution in [0.25, 0.3) is 0 Å². The SMILES string of the molecule is COc1ccc(N2CCN(C(=O)Nc3cc(OC)c(Cl)cc3OC)CC2)cc1. The number of hydrogen-bond acceptors (Lipinski definition) is 5. The van der Waals surface area contributed by atoms with E-state index in [1.54, 1.807) is 24.1 Å². The number of carbonyl (C=O) groups excluding carboxylic acids is 1. The van der Waals surface area contributed by atoms with E-state index in [9.17, 15) is 4.79 Å². The summed E-state index contributed by atoms with van der Waals surface area (Å²) in [7, 11) is 4.71. The van der Waals surface area contributed by atoms with Gasteiger partial charge in [-0.1, -0.05) is 11.6 Å². The van der Waals surface area contributed by atoms with Crippen LogP contribution in [0.4, 0.5) is 16.2 Å². The zero-order valence-corrected chi connectivity index (χ0v) is 17.0. The number of piperazine rings is 1. The average molecular weight is 406 g/mol. The summed E-state index contributed by atoms with van der Waals surface area (Å²) >= 11 is 6.12. The van der Waals surface area contributed by atoms with Crippen molar-refractivity contribution in [2.75, 3.05) is 57.7 Å². The highest BCUT2D eigenvalue weighted by atomic mass is 35.5. The number of nitrogens with zero attached hydrogens (tertiary/aromatic N) is 2. The summed E-state index contributed by atoms with van der Waals surface area (Å²) in [6.45, 7) is 2.73. The Kier molecular flexibility index (Phi) is 6.36. The molecule has 0 spiro atoms. The summed E-state index contributed by atoms with van der Waals surface area (Å²) in [4.78, 5) is 16.7. The maximum absolute atomic E-state index is 12.7. The van der Waals surface area contributed by atoms with Crippen LogP contribution < -0.4 is 24.4 Å². The van der Waals surface area contributed by atoms with Gasteiger partial charge in [-0.2, -0.15) is 0 Å². The molecule has 8 heteroatoms. The van der Waals surface area contributed by atoms with Crippen molar-refractivity contribution < 1.29 is 19.0 Å². The van der Waals surface area contributed by atoms with E-state index in [1.165, 1.54) is 14.2 Å². The molecule has 1 heterocycles. The van der Waals surface area contributed by atoms with E-state index >= 15 is 0 Å². The first-order valence-corrected chi connectivity index (χ1v) is 9.30. The van der Waals surface area contributed by atoms with Gasteiger partial charge in [-0.25, -0.2) is 4.79 Å². The minimum atomic E-state index is -0.183. The topological polar surface area (TPSA) is 63.3 Å². The first kappa shape index (κ1) is 19.9. The Labute approximate surface area is 169 Å². The predicted octanol–water partition coefficient (Wildman–Crippen LogP) is 3.72. The zero-order chi connectivity index (χ0) is 20.1. The highest BCUT2D eigenvalue weighted by Gasteiger charge is 2.22. The number of amides is 2. The van der Waals surface area contributed by atoms with Gasteiger partial charge >= 0.3 is 6.03 Å². The second-order valence-corrected chi connectivity index (χ2v) is 6.70. The molecule has 0 radical (unpaired) electrons. The number of nitrogens with one attached hydrogen (secondary N) is 1. The van der Waals surface area contributed by atoms with Gasteiger partial charge in [0.15, 0.2) is 0 Å². The molecule has 3 rings (SSSR count). The van der Waals surface area contributed by atoms with Gasteiger partial charge in [0, 0.05) is 44.0 Å². The number of anilines is 2. The summed E-state index contributed by atoms with van der Waals surface area (Å²) in [6.07, 6.45) is 0. The Morgan fingerprint density at radius 1 is 0.929 bits per heavy atom. The lowest BCUT2D eigenvalue weighted by Gasteiger charge is -2.36. The van der Waals surface area contributed by atoms with Crippen molar-refractivity contribution in [3.8, 4) is 17.2 Å². The molecule has 0 unspecified atom stereocenters. The van der Waals surface area contributed by atoms with Crippen LogP contribution in [0, 0.1) is 0 Å². The normalized spacial score (nSPS) is 13.9. The highest BCUT2D eigenvalue weighted by Crippen LogP contribution is 2.36. The molecule has 7 nitrogen and oxygen atoms in total. The van der Waals surface area contributed by atoms with Gasteiger partial charge in [-0.3, -0.25) is 0 Å². The minimum absolute atomic E-state index is 0.183. The monoisotopic (exact) mass is 405 g/mol. The molecular weight excluding hydrogens is 382 g/mol. The van der Waals surface area contributed by atoms with Crippen molar-refractivity contribution in [3.63, 3.8) is 0 Å². The van der Waals surface area contributed by atoms with Gasteiger partial charge in [0.1, 0.15) is 17.2 Å². The van der Waals surface area contributed by atoms with Gasteiger partial charge in [0.05, 0.1) is 32.0 Å². The first-order chi connectivity index (χ1) is 13.5. The lowest BCUT2D eigenvalue weighted by atomic mass is 10.2. The second kappa shape index (κ2) is 8.93. The van der Waals surface area contributed by atoms with Gasteiger partial charge in [-0.05, 0) is 24.3 Å². The number of halogens is 1. The fourth-order valence-corrected chi connectivity index (χ4v) is 3.34. The fraction of sp³-hybridized carbons (Fsp3) is 0.350. The molecule has 1 aliphatic heterocycles. The number of rotatable bonds is 5. The molecule has 1 saturated heterocycles. The molecule has 2 amide bonds. The third kappa shape index (κ3) is 4.36. The van der Waals surface area contributed by atoms with Crippen molar-refractivity contribution in [3.05, 3.63) is 41.4 Å². The summed E-state index contributed by atoms with van der Waals surface area (Å²) in [5.74, 6) is 1.78. The Morgan fingerprint density at radius 3 is 2.14 bits per heavy atom. The van der Waals surface area contributed by atoms with E-state index in [0.29, 0.717) is 35.3 Å². The zero-order valence-electron chi connectivity index (χ0n) is 16.2. The molecule has 2 aromatic rings.